The Bertz CT molecular complexity index is 393. The van der Waals surface area contributed by atoms with Crippen LogP contribution in [0, 0.1) is 13.8 Å². The highest BCUT2D eigenvalue weighted by molar-refractivity contribution is 9.10. The van der Waals surface area contributed by atoms with E-state index in [4.69, 9.17) is 0 Å². The van der Waals surface area contributed by atoms with E-state index in [1.807, 2.05) is 13.8 Å². The third-order valence-corrected chi connectivity index (χ3v) is 2.84. The maximum Gasteiger partial charge on any atom is 0.236 e. The highest BCUT2D eigenvalue weighted by atomic mass is 79.9. The molecule has 1 N–H and O–H groups in total. The van der Waals surface area contributed by atoms with Crippen molar-refractivity contribution < 1.29 is 4.79 Å². The molecule has 1 aromatic carbocycles. The number of amides is 1. The Hall–Kier alpha value is -0.830. The minimum Gasteiger partial charge on any atom is -0.351 e. The molecule has 0 aliphatic rings. The lowest BCUT2D eigenvalue weighted by molar-refractivity contribution is -0.122. The predicted octanol–water partition coefficient (Wildman–Crippen LogP) is 3.09. The van der Waals surface area contributed by atoms with Crippen LogP contribution in [-0.2, 0) is 11.3 Å². The molecule has 1 aromatic rings. The molecule has 0 saturated heterocycles. The zero-order valence-corrected chi connectivity index (χ0v) is 11.8. The second kappa shape index (κ2) is 5.00. The van der Waals surface area contributed by atoms with Gasteiger partial charge in [-0.15, -0.1) is 0 Å². The number of hydrogen-bond donors (Lipinski definition) is 1. The van der Waals surface area contributed by atoms with Crippen molar-refractivity contribution in [3.8, 4) is 0 Å². The molecule has 0 fully saturated rings. The summed E-state index contributed by atoms with van der Waals surface area (Å²) in [7, 11) is 0. The molecule has 0 spiro atoms. The van der Waals surface area contributed by atoms with Gasteiger partial charge in [0.1, 0.15) is 0 Å². The average Bonchev–Trinajstić information content (AvgIpc) is 2.14. The Kier molecular flexibility index (Phi) is 4.14. The fraction of sp³-hybridized carbons (Fsp3) is 0.462. The van der Waals surface area contributed by atoms with Crippen LogP contribution in [0.15, 0.2) is 18.2 Å². The van der Waals surface area contributed by atoms with Gasteiger partial charge >= 0.3 is 0 Å². The third-order valence-electron chi connectivity index (χ3n) is 2.48. The predicted molar refractivity (Wildman–Crippen MR) is 70.8 cm³/mol. The first-order valence-electron chi connectivity index (χ1n) is 5.34. The molecular formula is C13H18BrNO. The normalized spacial score (nSPS) is 11.3. The van der Waals surface area contributed by atoms with E-state index in [0.717, 1.165) is 5.56 Å². The van der Waals surface area contributed by atoms with Crippen molar-refractivity contribution in [3.63, 3.8) is 0 Å². The Labute approximate surface area is 106 Å². The first-order chi connectivity index (χ1) is 7.30. The van der Waals surface area contributed by atoms with E-state index in [0.29, 0.717) is 6.54 Å². The molecule has 1 amide bonds. The molecule has 0 atom stereocenters. The van der Waals surface area contributed by atoms with Crippen LogP contribution in [0.1, 0.15) is 30.5 Å². The van der Waals surface area contributed by atoms with E-state index in [-0.39, 0.29) is 5.91 Å². The highest BCUT2D eigenvalue weighted by Crippen LogP contribution is 2.16. The van der Waals surface area contributed by atoms with Gasteiger partial charge in [-0.2, -0.15) is 0 Å². The summed E-state index contributed by atoms with van der Waals surface area (Å²) in [5.41, 5.74) is 3.62. The van der Waals surface area contributed by atoms with Crippen LogP contribution in [0.5, 0.6) is 0 Å². The number of carbonyl (C=O) groups excluding carboxylic acids is 1. The summed E-state index contributed by atoms with van der Waals surface area (Å²) in [6, 6.07) is 6.25. The summed E-state index contributed by atoms with van der Waals surface area (Å²) >= 11 is 3.34. The second-order valence-corrected chi connectivity index (χ2v) is 6.57. The van der Waals surface area contributed by atoms with Crippen molar-refractivity contribution in [1.29, 1.82) is 0 Å². The fourth-order valence-electron chi connectivity index (χ4n) is 1.43. The number of aryl methyl sites for hydroxylation is 2. The lowest BCUT2D eigenvalue weighted by atomic mass is 10.1. The van der Waals surface area contributed by atoms with Crippen LogP contribution in [0.4, 0.5) is 0 Å². The molecule has 1 rings (SSSR count). The van der Waals surface area contributed by atoms with Crippen molar-refractivity contribution in [3.05, 3.63) is 34.9 Å². The number of benzene rings is 1. The van der Waals surface area contributed by atoms with E-state index in [1.54, 1.807) is 0 Å². The molecule has 2 nitrogen and oxygen atoms in total. The average molecular weight is 284 g/mol. The van der Waals surface area contributed by atoms with Gasteiger partial charge in [0.2, 0.25) is 5.91 Å². The zero-order valence-electron chi connectivity index (χ0n) is 10.2. The maximum atomic E-state index is 11.7. The summed E-state index contributed by atoms with van der Waals surface area (Å²) in [5, 5.41) is 2.91. The first kappa shape index (κ1) is 13.2. The van der Waals surface area contributed by atoms with E-state index in [1.165, 1.54) is 11.1 Å². The smallest absolute Gasteiger partial charge is 0.236 e. The molecule has 0 unspecified atom stereocenters. The van der Waals surface area contributed by atoms with Gasteiger partial charge in [-0.05, 0) is 38.8 Å². The summed E-state index contributed by atoms with van der Waals surface area (Å²) in [6.45, 7) is 8.39. The molecule has 0 radical (unpaired) electrons. The van der Waals surface area contributed by atoms with E-state index in [2.05, 4.69) is 53.3 Å². The highest BCUT2D eigenvalue weighted by Gasteiger charge is 2.22. The lowest BCUT2D eigenvalue weighted by Gasteiger charge is -2.16. The van der Waals surface area contributed by atoms with Gasteiger partial charge in [-0.3, -0.25) is 4.79 Å². The summed E-state index contributed by atoms with van der Waals surface area (Å²) in [4.78, 5) is 11.7. The molecule has 0 heterocycles. The van der Waals surface area contributed by atoms with Gasteiger partial charge in [0.05, 0.1) is 4.32 Å². The third kappa shape index (κ3) is 3.63. The SMILES string of the molecule is Cc1ccc(CNC(=O)C(C)(C)Br)c(C)c1. The molecule has 0 bridgehead atoms. The van der Waals surface area contributed by atoms with Crippen molar-refractivity contribution in [2.24, 2.45) is 0 Å². The van der Waals surface area contributed by atoms with Crippen LogP contribution in [0.25, 0.3) is 0 Å². The van der Waals surface area contributed by atoms with Crippen molar-refractivity contribution in [2.45, 2.75) is 38.6 Å². The Morgan fingerprint density at radius 3 is 2.50 bits per heavy atom. The Morgan fingerprint density at radius 1 is 1.38 bits per heavy atom. The topological polar surface area (TPSA) is 29.1 Å². The molecule has 0 aliphatic carbocycles. The van der Waals surface area contributed by atoms with Gasteiger partial charge in [0.15, 0.2) is 0 Å². The van der Waals surface area contributed by atoms with Crippen molar-refractivity contribution in [2.75, 3.05) is 0 Å². The quantitative estimate of drug-likeness (QED) is 0.849. The summed E-state index contributed by atoms with van der Waals surface area (Å²) in [6.07, 6.45) is 0. The van der Waals surface area contributed by atoms with Crippen molar-refractivity contribution >= 4 is 21.8 Å². The largest absolute Gasteiger partial charge is 0.351 e. The maximum absolute atomic E-state index is 11.7. The minimum atomic E-state index is -0.508. The summed E-state index contributed by atoms with van der Waals surface area (Å²) in [5.74, 6) is 0.00692. The van der Waals surface area contributed by atoms with Crippen LogP contribution in [0.2, 0.25) is 0 Å². The fourth-order valence-corrected chi connectivity index (χ4v) is 1.57. The van der Waals surface area contributed by atoms with Crippen LogP contribution >= 0.6 is 15.9 Å². The Balaban J connectivity index is 2.65. The molecule has 0 aromatic heterocycles. The number of rotatable bonds is 3. The minimum absolute atomic E-state index is 0.00692. The number of hydrogen-bond acceptors (Lipinski definition) is 1. The van der Waals surface area contributed by atoms with Crippen molar-refractivity contribution in [1.82, 2.24) is 5.32 Å². The van der Waals surface area contributed by atoms with Crippen LogP contribution in [0.3, 0.4) is 0 Å². The van der Waals surface area contributed by atoms with E-state index >= 15 is 0 Å². The van der Waals surface area contributed by atoms with Crippen LogP contribution < -0.4 is 5.32 Å². The molecule has 88 valence electrons. The van der Waals surface area contributed by atoms with E-state index < -0.39 is 4.32 Å². The van der Waals surface area contributed by atoms with E-state index in [9.17, 15) is 4.79 Å². The Morgan fingerprint density at radius 2 is 2.00 bits per heavy atom. The van der Waals surface area contributed by atoms with Gasteiger partial charge in [0.25, 0.3) is 0 Å². The van der Waals surface area contributed by atoms with Gasteiger partial charge < -0.3 is 5.32 Å². The first-order valence-corrected chi connectivity index (χ1v) is 6.13. The second-order valence-electron chi connectivity index (χ2n) is 4.59. The zero-order chi connectivity index (χ0) is 12.3. The monoisotopic (exact) mass is 283 g/mol. The van der Waals surface area contributed by atoms with Gasteiger partial charge in [0, 0.05) is 6.54 Å². The van der Waals surface area contributed by atoms with Crippen LogP contribution in [-0.4, -0.2) is 10.2 Å². The molecule has 0 aliphatic heterocycles. The number of alkyl halides is 1. The van der Waals surface area contributed by atoms with Gasteiger partial charge in [-0.25, -0.2) is 0 Å². The summed E-state index contributed by atoms with van der Waals surface area (Å²) < 4.78 is -0.508. The number of halogens is 1. The molecule has 16 heavy (non-hydrogen) atoms. The standard InChI is InChI=1S/C13H18BrNO/c1-9-5-6-11(10(2)7-9)8-15-12(16)13(3,4)14/h5-7H,8H2,1-4H3,(H,15,16). The molecule has 0 saturated carbocycles. The number of carbonyl (C=O) groups is 1. The molecule has 3 heteroatoms. The van der Waals surface area contributed by atoms with Gasteiger partial charge in [-0.1, -0.05) is 39.7 Å². The lowest BCUT2D eigenvalue weighted by Crippen LogP contribution is -2.37. The molecular weight excluding hydrogens is 266 g/mol. The number of nitrogens with one attached hydrogen (secondary N) is 1.